The maximum atomic E-state index is 4.86. The van der Waals surface area contributed by atoms with E-state index in [-0.39, 0.29) is 0 Å². The number of anilines is 1. The van der Waals surface area contributed by atoms with Gasteiger partial charge in [0.15, 0.2) is 0 Å². The monoisotopic (exact) mass is 272 g/mol. The zero-order valence-corrected chi connectivity index (χ0v) is 12.6. The number of benzene rings is 1. The van der Waals surface area contributed by atoms with Crippen molar-refractivity contribution in [3.8, 4) is 0 Å². The van der Waals surface area contributed by atoms with E-state index in [0.29, 0.717) is 12.1 Å². The molecular formula is C16H24N4. The summed E-state index contributed by atoms with van der Waals surface area (Å²) in [7, 11) is 2.13. The van der Waals surface area contributed by atoms with Crippen LogP contribution in [0.1, 0.15) is 26.7 Å². The van der Waals surface area contributed by atoms with Crippen LogP contribution in [0.4, 0.5) is 5.95 Å². The number of aromatic nitrogens is 2. The minimum Gasteiger partial charge on any atom is -0.336 e. The number of fused-ring (bicyclic) bond motifs is 1. The molecule has 108 valence electrons. The highest BCUT2D eigenvalue weighted by atomic mass is 15.4. The molecule has 1 saturated heterocycles. The first kappa shape index (κ1) is 13.4. The largest absolute Gasteiger partial charge is 0.336 e. The fourth-order valence-electron chi connectivity index (χ4n) is 3.14. The highest BCUT2D eigenvalue weighted by molar-refractivity contribution is 5.78. The first-order valence-corrected chi connectivity index (χ1v) is 7.66. The van der Waals surface area contributed by atoms with Gasteiger partial charge in [0.1, 0.15) is 0 Å². The number of imidazole rings is 1. The molecule has 1 N–H and O–H groups in total. The summed E-state index contributed by atoms with van der Waals surface area (Å²) in [5, 5.41) is 3.64. The summed E-state index contributed by atoms with van der Waals surface area (Å²) in [4.78, 5) is 7.35. The molecule has 0 aliphatic carbocycles. The maximum Gasteiger partial charge on any atom is 0.206 e. The van der Waals surface area contributed by atoms with Gasteiger partial charge in [-0.25, -0.2) is 4.98 Å². The number of piperazine rings is 1. The number of nitrogens with zero attached hydrogens (tertiary/aromatic N) is 3. The van der Waals surface area contributed by atoms with E-state index in [1.54, 1.807) is 0 Å². The van der Waals surface area contributed by atoms with Gasteiger partial charge < -0.3 is 14.8 Å². The molecule has 2 unspecified atom stereocenters. The van der Waals surface area contributed by atoms with Crippen LogP contribution in [0.25, 0.3) is 11.0 Å². The summed E-state index contributed by atoms with van der Waals surface area (Å²) in [6.45, 7) is 6.61. The van der Waals surface area contributed by atoms with Crippen LogP contribution in [0, 0.1) is 0 Å². The van der Waals surface area contributed by atoms with Crippen LogP contribution in [-0.4, -0.2) is 34.7 Å². The lowest BCUT2D eigenvalue weighted by molar-refractivity contribution is 0.373. The van der Waals surface area contributed by atoms with Crippen molar-refractivity contribution in [3.05, 3.63) is 24.3 Å². The average Bonchev–Trinajstić information content (AvgIpc) is 2.84. The third kappa shape index (κ3) is 2.18. The van der Waals surface area contributed by atoms with E-state index in [1.165, 1.54) is 5.52 Å². The Balaban J connectivity index is 2.00. The Morgan fingerprint density at radius 2 is 2.05 bits per heavy atom. The van der Waals surface area contributed by atoms with Gasteiger partial charge in [0.05, 0.1) is 11.0 Å². The molecule has 20 heavy (non-hydrogen) atoms. The van der Waals surface area contributed by atoms with Gasteiger partial charge >= 0.3 is 0 Å². The molecule has 0 saturated carbocycles. The molecule has 2 heterocycles. The van der Waals surface area contributed by atoms with Gasteiger partial charge in [-0.1, -0.05) is 26.0 Å². The topological polar surface area (TPSA) is 33.1 Å². The molecule has 3 rings (SSSR count). The van der Waals surface area contributed by atoms with Crippen molar-refractivity contribution in [1.29, 1.82) is 0 Å². The summed E-state index contributed by atoms with van der Waals surface area (Å²) < 4.78 is 2.23. The summed E-state index contributed by atoms with van der Waals surface area (Å²) in [5.41, 5.74) is 2.30. The van der Waals surface area contributed by atoms with Gasteiger partial charge in [0, 0.05) is 32.2 Å². The molecule has 1 fully saturated rings. The predicted molar refractivity (Wildman–Crippen MR) is 84.2 cm³/mol. The van der Waals surface area contributed by atoms with Crippen molar-refractivity contribution in [2.24, 2.45) is 7.05 Å². The van der Waals surface area contributed by atoms with Crippen LogP contribution >= 0.6 is 0 Å². The molecule has 2 aromatic rings. The van der Waals surface area contributed by atoms with Crippen molar-refractivity contribution >= 4 is 17.0 Å². The second-order valence-electron chi connectivity index (χ2n) is 5.69. The number of hydrogen-bond acceptors (Lipinski definition) is 3. The number of hydrogen-bond donors (Lipinski definition) is 1. The van der Waals surface area contributed by atoms with E-state index in [9.17, 15) is 0 Å². The maximum absolute atomic E-state index is 4.86. The normalized spacial score (nSPS) is 23.4. The highest BCUT2D eigenvalue weighted by Gasteiger charge is 2.28. The van der Waals surface area contributed by atoms with Crippen LogP contribution in [0.15, 0.2) is 24.3 Å². The number of para-hydroxylation sites is 2. The zero-order valence-electron chi connectivity index (χ0n) is 12.6. The molecule has 0 spiro atoms. The lowest BCUT2D eigenvalue weighted by Gasteiger charge is -2.40. The van der Waals surface area contributed by atoms with Crippen LogP contribution in [0.3, 0.4) is 0 Å². The highest BCUT2D eigenvalue weighted by Crippen LogP contribution is 2.25. The Labute approximate surface area is 120 Å². The Morgan fingerprint density at radius 3 is 2.75 bits per heavy atom. The average molecular weight is 272 g/mol. The fraction of sp³-hybridized carbons (Fsp3) is 0.562. The Bertz CT molecular complexity index is 589. The Hall–Kier alpha value is -1.55. The van der Waals surface area contributed by atoms with Gasteiger partial charge in [0.25, 0.3) is 0 Å². The molecule has 1 aliphatic rings. The first-order chi connectivity index (χ1) is 9.74. The Morgan fingerprint density at radius 1 is 1.25 bits per heavy atom. The summed E-state index contributed by atoms with van der Waals surface area (Å²) in [6, 6.07) is 9.48. The van der Waals surface area contributed by atoms with Crippen LogP contribution < -0.4 is 10.2 Å². The molecule has 2 atom stereocenters. The molecule has 0 amide bonds. The lowest BCUT2D eigenvalue weighted by Crippen LogP contribution is -2.56. The third-order valence-electron chi connectivity index (χ3n) is 4.48. The molecule has 0 bridgehead atoms. The summed E-state index contributed by atoms with van der Waals surface area (Å²) in [5.74, 6) is 1.11. The van der Waals surface area contributed by atoms with Gasteiger partial charge in [-0.15, -0.1) is 0 Å². The quantitative estimate of drug-likeness (QED) is 0.932. The van der Waals surface area contributed by atoms with E-state index in [0.717, 1.165) is 37.4 Å². The number of nitrogens with one attached hydrogen (secondary N) is 1. The van der Waals surface area contributed by atoms with Crippen LogP contribution in [0.2, 0.25) is 0 Å². The molecule has 4 nitrogen and oxygen atoms in total. The Kier molecular flexibility index (Phi) is 3.66. The fourth-order valence-corrected chi connectivity index (χ4v) is 3.14. The SMILES string of the molecule is CCC1CN(c2nc3ccccc3n2C)C(CC)CN1. The smallest absolute Gasteiger partial charge is 0.206 e. The van der Waals surface area contributed by atoms with Gasteiger partial charge in [-0.05, 0) is 25.0 Å². The standard InChI is InChI=1S/C16H24N4/c1-4-12-11-20(13(5-2)10-17-12)16-18-14-8-6-7-9-15(14)19(16)3/h6-9,12-13,17H,4-5,10-11H2,1-3H3. The number of aryl methyl sites for hydroxylation is 1. The second kappa shape index (κ2) is 5.44. The first-order valence-electron chi connectivity index (χ1n) is 7.66. The lowest BCUT2D eigenvalue weighted by atomic mass is 10.1. The van der Waals surface area contributed by atoms with Crippen LogP contribution in [0.5, 0.6) is 0 Å². The summed E-state index contributed by atoms with van der Waals surface area (Å²) in [6.07, 6.45) is 2.31. The van der Waals surface area contributed by atoms with Gasteiger partial charge in [0.2, 0.25) is 5.95 Å². The third-order valence-corrected chi connectivity index (χ3v) is 4.48. The number of rotatable bonds is 3. The summed E-state index contributed by atoms with van der Waals surface area (Å²) >= 11 is 0. The minimum absolute atomic E-state index is 0.535. The van der Waals surface area contributed by atoms with E-state index in [1.807, 2.05) is 0 Å². The van der Waals surface area contributed by atoms with E-state index in [2.05, 4.69) is 59.9 Å². The van der Waals surface area contributed by atoms with Crippen molar-refractivity contribution in [3.63, 3.8) is 0 Å². The van der Waals surface area contributed by atoms with E-state index in [4.69, 9.17) is 4.98 Å². The molecule has 0 radical (unpaired) electrons. The van der Waals surface area contributed by atoms with E-state index < -0.39 is 0 Å². The van der Waals surface area contributed by atoms with E-state index >= 15 is 0 Å². The second-order valence-corrected chi connectivity index (χ2v) is 5.69. The van der Waals surface area contributed by atoms with Crippen molar-refractivity contribution < 1.29 is 0 Å². The van der Waals surface area contributed by atoms with Gasteiger partial charge in [-0.3, -0.25) is 0 Å². The van der Waals surface area contributed by atoms with Crippen molar-refractivity contribution in [2.75, 3.05) is 18.0 Å². The molecule has 1 aliphatic heterocycles. The minimum atomic E-state index is 0.535. The molecule has 1 aromatic heterocycles. The van der Waals surface area contributed by atoms with Gasteiger partial charge in [-0.2, -0.15) is 0 Å². The zero-order chi connectivity index (χ0) is 14.1. The van der Waals surface area contributed by atoms with Crippen LogP contribution in [-0.2, 0) is 7.05 Å². The predicted octanol–water partition coefficient (Wildman–Crippen LogP) is 2.54. The van der Waals surface area contributed by atoms with Crippen molar-refractivity contribution in [1.82, 2.24) is 14.9 Å². The molecule has 1 aromatic carbocycles. The molecular weight excluding hydrogens is 248 g/mol. The van der Waals surface area contributed by atoms with Crippen molar-refractivity contribution in [2.45, 2.75) is 38.8 Å². The molecule has 4 heteroatoms.